The predicted molar refractivity (Wildman–Crippen MR) is 99.2 cm³/mol. The number of piperidine rings is 1. The highest BCUT2D eigenvalue weighted by Gasteiger charge is 2.17. The SMILES string of the molecule is O=C(Nc1cnn(C2CCNCC2)c1)c1cc(Cc2ccccc2)[nH]n1. The Bertz CT molecular complexity index is 863. The first-order valence-corrected chi connectivity index (χ1v) is 8.92. The molecule has 26 heavy (non-hydrogen) atoms. The Morgan fingerprint density at radius 3 is 2.85 bits per heavy atom. The van der Waals surface area contributed by atoms with Gasteiger partial charge in [0.15, 0.2) is 5.69 Å². The van der Waals surface area contributed by atoms with Crippen molar-refractivity contribution in [1.29, 1.82) is 0 Å². The van der Waals surface area contributed by atoms with Gasteiger partial charge in [-0.1, -0.05) is 30.3 Å². The fourth-order valence-corrected chi connectivity index (χ4v) is 3.25. The number of rotatable bonds is 5. The summed E-state index contributed by atoms with van der Waals surface area (Å²) in [6.45, 7) is 2.01. The summed E-state index contributed by atoms with van der Waals surface area (Å²) in [4.78, 5) is 12.4. The van der Waals surface area contributed by atoms with Gasteiger partial charge >= 0.3 is 0 Å². The van der Waals surface area contributed by atoms with E-state index in [2.05, 4.69) is 38.1 Å². The van der Waals surface area contributed by atoms with Crippen molar-refractivity contribution < 1.29 is 4.79 Å². The summed E-state index contributed by atoms with van der Waals surface area (Å²) in [6.07, 6.45) is 6.41. The third-order valence-corrected chi connectivity index (χ3v) is 4.64. The van der Waals surface area contributed by atoms with Crippen molar-refractivity contribution in [3.05, 3.63) is 65.7 Å². The lowest BCUT2D eigenvalue weighted by atomic mass is 10.1. The van der Waals surface area contributed by atoms with Crippen molar-refractivity contribution in [2.45, 2.75) is 25.3 Å². The molecule has 0 spiro atoms. The summed E-state index contributed by atoms with van der Waals surface area (Å²) in [5.74, 6) is -0.231. The van der Waals surface area contributed by atoms with Crippen molar-refractivity contribution >= 4 is 11.6 Å². The average Bonchev–Trinajstić information content (AvgIpc) is 3.33. The smallest absolute Gasteiger partial charge is 0.276 e. The third-order valence-electron chi connectivity index (χ3n) is 4.64. The second kappa shape index (κ2) is 7.53. The van der Waals surface area contributed by atoms with Gasteiger partial charge in [-0.15, -0.1) is 0 Å². The zero-order valence-electron chi connectivity index (χ0n) is 14.5. The van der Waals surface area contributed by atoms with E-state index < -0.39 is 0 Å². The van der Waals surface area contributed by atoms with E-state index in [9.17, 15) is 4.79 Å². The summed E-state index contributed by atoms with van der Waals surface area (Å²) in [6, 6.07) is 12.3. The van der Waals surface area contributed by atoms with Gasteiger partial charge in [0.25, 0.3) is 5.91 Å². The van der Waals surface area contributed by atoms with Crippen LogP contribution in [0, 0.1) is 0 Å². The molecule has 4 rings (SSSR count). The molecule has 3 aromatic rings. The number of aromatic amines is 1. The van der Waals surface area contributed by atoms with Crippen molar-refractivity contribution in [2.75, 3.05) is 18.4 Å². The molecule has 1 fully saturated rings. The van der Waals surface area contributed by atoms with Gasteiger partial charge in [0.1, 0.15) is 0 Å². The van der Waals surface area contributed by atoms with Gasteiger partial charge < -0.3 is 10.6 Å². The maximum atomic E-state index is 12.4. The lowest BCUT2D eigenvalue weighted by molar-refractivity contribution is 0.102. The molecule has 3 heterocycles. The second-order valence-electron chi connectivity index (χ2n) is 6.59. The molecule has 0 bridgehead atoms. The monoisotopic (exact) mass is 350 g/mol. The van der Waals surface area contributed by atoms with Gasteiger partial charge in [0.05, 0.1) is 17.9 Å². The van der Waals surface area contributed by atoms with Crippen LogP contribution in [0.3, 0.4) is 0 Å². The molecule has 2 aromatic heterocycles. The molecule has 1 aromatic carbocycles. The van der Waals surface area contributed by atoms with Crippen LogP contribution in [0.25, 0.3) is 0 Å². The van der Waals surface area contributed by atoms with Gasteiger partial charge in [-0.25, -0.2) is 0 Å². The first-order valence-electron chi connectivity index (χ1n) is 8.92. The molecule has 1 saturated heterocycles. The Hall–Kier alpha value is -2.93. The zero-order valence-corrected chi connectivity index (χ0v) is 14.5. The molecule has 0 saturated carbocycles. The van der Waals surface area contributed by atoms with E-state index in [0.717, 1.165) is 38.0 Å². The topological polar surface area (TPSA) is 87.6 Å². The zero-order chi connectivity index (χ0) is 17.8. The number of aromatic nitrogens is 4. The number of nitrogens with one attached hydrogen (secondary N) is 3. The second-order valence-corrected chi connectivity index (χ2v) is 6.59. The molecular formula is C19H22N6O. The molecule has 7 heteroatoms. The van der Waals surface area contributed by atoms with E-state index in [1.165, 1.54) is 5.56 Å². The first kappa shape index (κ1) is 16.5. The van der Waals surface area contributed by atoms with Crippen LogP contribution >= 0.6 is 0 Å². The highest BCUT2D eigenvalue weighted by atomic mass is 16.1. The van der Waals surface area contributed by atoms with Crippen LogP contribution in [0.2, 0.25) is 0 Å². The summed E-state index contributed by atoms with van der Waals surface area (Å²) in [5, 5.41) is 17.7. The van der Waals surface area contributed by atoms with Gasteiger partial charge in [-0.05, 0) is 37.6 Å². The Balaban J connectivity index is 1.38. The van der Waals surface area contributed by atoms with Crippen molar-refractivity contribution in [3.63, 3.8) is 0 Å². The minimum absolute atomic E-state index is 0.231. The maximum Gasteiger partial charge on any atom is 0.276 e. The van der Waals surface area contributed by atoms with Crippen LogP contribution < -0.4 is 10.6 Å². The molecule has 0 radical (unpaired) electrons. The average molecular weight is 350 g/mol. The lowest BCUT2D eigenvalue weighted by Gasteiger charge is -2.22. The van der Waals surface area contributed by atoms with E-state index in [1.54, 1.807) is 12.3 Å². The van der Waals surface area contributed by atoms with Gasteiger partial charge in [-0.3, -0.25) is 14.6 Å². The van der Waals surface area contributed by atoms with Crippen LogP contribution in [0.15, 0.2) is 48.8 Å². The number of benzene rings is 1. The highest BCUT2D eigenvalue weighted by molar-refractivity contribution is 6.02. The van der Waals surface area contributed by atoms with E-state index in [1.807, 2.05) is 29.1 Å². The van der Waals surface area contributed by atoms with E-state index in [4.69, 9.17) is 0 Å². The number of carbonyl (C=O) groups is 1. The number of hydrogen-bond donors (Lipinski definition) is 3. The predicted octanol–water partition coefficient (Wildman–Crippen LogP) is 2.37. The molecule has 1 aliphatic heterocycles. The Kier molecular flexibility index (Phi) is 4.79. The molecule has 0 aliphatic carbocycles. The summed E-state index contributed by atoms with van der Waals surface area (Å²) in [5.41, 5.74) is 3.16. The van der Waals surface area contributed by atoms with Crippen molar-refractivity contribution in [2.24, 2.45) is 0 Å². The number of nitrogens with zero attached hydrogens (tertiary/aromatic N) is 3. The fourth-order valence-electron chi connectivity index (χ4n) is 3.25. The molecule has 134 valence electrons. The Morgan fingerprint density at radius 1 is 1.23 bits per heavy atom. The van der Waals surface area contributed by atoms with Crippen LogP contribution in [0.4, 0.5) is 5.69 Å². The van der Waals surface area contributed by atoms with E-state index >= 15 is 0 Å². The lowest BCUT2D eigenvalue weighted by Crippen LogP contribution is -2.29. The van der Waals surface area contributed by atoms with E-state index in [-0.39, 0.29) is 5.91 Å². The quantitative estimate of drug-likeness (QED) is 0.659. The summed E-state index contributed by atoms with van der Waals surface area (Å²) < 4.78 is 1.95. The molecule has 0 atom stereocenters. The minimum Gasteiger partial charge on any atom is -0.318 e. The number of hydrogen-bond acceptors (Lipinski definition) is 4. The van der Waals surface area contributed by atoms with Gasteiger partial charge in [0, 0.05) is 18.3 Å². The van der Waals surface area contributed by atoms with Crippen molar-refractivity contribution in [1.82, 2.24) is 25.3 Å². The number of carbonyl (C=O) groups excluding carboxylic acids is 1. The van der Waals surface area contributed by atoms with Crippen LogP contribution in [0.5, 0.6) is 0 Å². The fraction of sp³-hybridized carbons (Fsp3) is 0.316. The van der Waals surface area contributed by atoms with Crippen LogP contribution in [-0.2, 0) is 6.42 Å². The Labute approximate surface area is 151 Å². The van der Waals surface area contributed by atoms with Gasteiger partial charge in [-0.2, -0.15) is 10.2 Å². The molecule has 7 nitrogen and oxygen atoms in total. The third kappa shape index (κ3) is 3.83. The number of H-pyrrole nitrogens is 1. The number of anilines is 1. The standard InChI is InChI=1S/C19H22N6O/c26-19(18-11-15(23-24-18)10-14-4-2-1-3-5-14)22-16-12-21-25(13-16)17-6-8-20-9-7-17/h1-5,11-13,17,20H,6-10H2,(H,22,26)(H,23,24). The Morgan fingerprint density at radius 2 is 2.04 bits per heavy atom. The minimum atomic E-state index is -0.231. The summed E-state index contributed by atoms with van der Waals surface area (Å²) >= 11 is 0. The molecule has 1 amide bonds. The largest absolute Gasteiger partial charge is 0.318 e. The van der Waals surface area contributed by atoms with Crippen LogP contribution in [0.1, 0.15) is 40.6 Å². The molecule has 1 aliphatic rings. The van der Waals surface area contributed by atoms with Crippen LogP contribution in [-0.4, -0.2) is 39.0 Å². The molecule has 0 unspecified atom stereocenters. The summed E-state index contributed by atoms with van der Waals surface area (Å²) in [7, 11) is 0. The van der Waals surface area contributed by atoms with Crippen molar-refractivity contribution in [3.8, 4) is 0 Å². The maximum absolute atomic E-state index is 12.4. The highest BCUT2D eigenvalue weighted by Crippen LogP contribution is 2.19. The first-order chi connectivity index (χ1) is 12.8. The normalized spacial score (nSPS) is 15.1. The van der Waals surface area contributed by atoms with Gasteiger partial charge in [0.2, 0.25) is 0 Å². The molecule has 3 N–H and O–H groups in total. The number of amides is 1. The molecular weight excluding hydrogens is 328 g/mol. The van der Waals surface area contributed by atoms with E-state index in [0.29, 0.717) is 17.4 Å².